The highest BCUT2D eigenvalue weighted by atomic mass is 35.5. The highest BCUT2D eigenvalue weighted by Crippen LogP contribution is 2.38. The number of methoxy groups -OCH3 is 1. The molecule has 0 bridgehead atoms. The largest absolute Gasteiger partial charge is 0.394 e. The Morgan fingerprint density at radius 1 is 1.17 bits per heavy atom. The number of carbonyl (C=O) groups excluding carboxylic acids is 1. The number of nitrogens with zero attached hydrogens (tertiary/aromatic N) is 4. The third-order valence-electron chi connectivity index (χ3n) is 7.65. The fraction of sp³-hybridized carbons (Fsp3) is 0.444. The van der Waals surface area contributed by atoms with Gasteiger partial charge in [-0.3, -0.25) is 4.79 Å². The lowest BCUT2D eigenvalue weighted by Gasteiger charge is -2.47. The summed E-state index contributed by atoms with van der Waals surface area (Å²) in [5, 5.41) is 40.2. The maximum Gasteiger partial charge on any atom is 0.259 e. The topological polar surface area (TPSA) is 130 Å². The summed E-state index contributed by atoms with van der Waals surface area (Å²) in [6.07, 6.45) is -3.86. The molecule has 41 heavy (non-hydrogen) atoms. The molecule has 1 amide bonds. The highest BCUT2D eigenvalue weighted by Gasteiger charge is 2.52. The molecule has 1 saturated carbocycles. The summed E-state index contributed by atoms with van der Waals surface area (Å²) in [6.45, 7) is 0.766. The third-order valence-corrected chi connectivity index (χ3v) is 8.08. The van der Waals surface area contributed by atoms with Crippen molar-refractivity contribution < 1.29 is 38.4 Å². The van der Waals surface area contributed by atoms with E-state index >= 15 is 0 Å². The molecule has 5 rings (SSSR count). The lowest BCUT2D eigenvalue weighted by Crippen LogP contribution is -2.64. The van der Waals surface area contributed by atoms with Crippen molar-refractivity contribution in [1.29, 1.82) is 0 Å². The summed E-state index contributed by atoms with van der Waals surface area (Å²) in [5.74, 6) is -2.77. The van der Waals surface area contributed by atoms with Crippen LogP contribution in [0.1, 0.15) is 24.4 Å². The quantitative estimate of drug-likeness (QED) is 0.371. The monoisotopic (exact) mass is 612 g/mol. The molecule has 2 heterocycles. The number of hydrogen-bond acceptors (Lipinski definition) is 8. The smallest absolute Gasteiger partial charge is 0.259 e. The Morgan fingerprint density at radius 3 is 2.46 bits per heavy atom. The maximum atomic E-state index is 14.7. The zero-order chi connectivity index (χ0) is 29.6. The molecular weight excluding hydrogens is 585 g/mol. The van der Waals surface area contributed by atoms with Crippen LogP contribution in [-0.4, -0.2) is 86.5 Å². The van der Waals surface area contributed by atoms with Gasteiger partial charge < -0.3 is 29.7 Å². The van der Waals surface area contributed by atoms with Crippen molar-refractivity contribution in [3.05, 3.63) is 63.8 Å². The number of aromatic nitrogens is 3. The fourth-order valence-electron chi connectivity index (χ4n) is 5.31. The van der Waals surface area contributed by atoms with E-state index in [1.807, 2.05) is 0 Å². The van der Waals surface area contributed by atoms with E-state index in [0.29, 0.717) is 18.5 Å². The molecular formula is C27H28Cl2F2N4O6. The van der Waals surface area contributed by atoms with E-state index in [0.717, 1.165) is 0 Å². The summed E-state index contributed by atoms with van der Waals surface area (Å²) in [5.41, 5.74) is 0.264. The normalized spacial score (nSPS) is 27.9. The van der Waals surface area contributed by atoms with Crippen molar-refractivity contribution in [2.75, 3.05) is 18.6 Å². The van der Waals surface area contributed by atoms with Crippen LogP contribution in [0.15, 0.2) is 36.5 Å². The lowest BCUT2D eigenvalue weighted by molar-refractivity contribution is -0.211. The van der Waals surface area contributed by atoms with Crippen LogP contribution in [0.25, 0.3) is 11.3 Å². The first-order valence-electron chi connectivity index (χ1n) is 12.9. The maximum absolute atomic E-state index is 14.7. The van der Waals surface area contributed by atoms with Gasteiger partial charge in [0.1, 0.15) is 30.0 Å². The molecule has 1 aliphatic carbocycles. The SMILES string of the molecule is CO[C@@H]1[C@@H](n2cc(-c3ccc(C)c(F)c3F)nn2)[C@@H](O)[C@@H](CO)O[C@H]1C(=O)N(c1cc(Cl)cc(Cl)c1)[C@@H]1CC[C@H]1O. The van der Waals surface area contributed by atoms with Crippen LogP contribution in [-0.2, 0) is 14.3 Å². The number of aliphatic hydroxyl groups excluding tert-OH is 3. The van der Waals surface area contributed by atoms with Crippen LogP contribution in [0, 0.1) is 18.6 Å². The minimum atomic E-state index is -1.44. The van der Waals surface area contributed by atoms with Crippen molar-refractivity contribution >= 4 is 34.8 Å². The van der Waals surface area contributed by atoms with E-state index < -0.39 is 66.8 Å². The molecule has 3 aromatic rings. The highest BCUT2D eigenvalue weighted by molar-refractivity contribution is 6.35. The van der Waals surface area contributed by atoms with Crippen LogP contribution in [0.2, 0.25) is 10.0 Å². The average Bonchev–Trinajstić information content (AvgIpc) is 3.41. The van der Waals surface area contributed by atoms with Gasteiger partial charge in [-0.25, -0.2) is 13.5 Å². The molecule has 0 unspecified atom stereocenters. The van der Waals surface area contributed by atoms with E-state index in [1.54, 1.807) is 0 Å². The fourth-order valence-corrected chi connectivity index (χ4v) is 5.83. The molecule has 1 saturated heterocycles. The van der Waals surface area contributed by atoms with Crippen molar-refractivity contribution in [1.82, 2.24) is 15.0 Å². The molecule has 2 fully saturated rings. The van der Waals surface area contributed by atoms with Crippen LogP contribution >= 0.6 is 23.2 Å². The summed E-state index contributed by atoms with van der Waals surface area (Å²) in [4.78, 5) is 15.5. The van der Waals surface area contributed by atoms with Gasteiger partial charge in [-0.15, -0.1) is 5.10 Å². The van der Waals surface area contributed by atoms with Gasteiger partial charge in [-0.05, 0) is 49.6 Å². The predicted molar refractivity (Wildman–Crippen MR) is 145 cm³/mol. The van der Waals surface area contributed by atoms with Gasteiger partial charge in [0.25, 0.3) is 5.91 Å². The number of anilines is 1. The van der Waals surface area contributed by atoms with E-state index in [1.165, 1.54) is 60.1 Å². The summed E-state index contributed by atoms with van der Waals surface area (Å²) in [7, 11) is 1.30. The van der Waals surface area contributed by atoms with Crippen LogP contribution in [0.3, 0.4) is 0 Å². The molecule has 220 valence electrons. The van der Waals surface area contributed by atoms with E-state index in [-0.39, 0.29) is 26.9 Å². The number of carbonyl (C=O) groups is 1. The van der Waals surface area contributed by atoms with Crippen LogP contribution in [0.5, 0.6) is 0 Å². The number of rotatable bonds is 7. The molecule has 2 aliphatic rings. The second-order valence-electron chi connectivity index (χ2n) is 10.1. The Morgan fingerprint density at radius 2 is 1.88 bits per heavy atom. The van der Waals surface area contributed by atoms with Gasteiger partial charge in [0.15, 0.2) is 17.7 Å². The first kappa shape index (κ1) is 29.8. The number of benzene rings is 2. The molecule has 1 aromatic heterocycles. The second kappa shape index (κ2) is 11.9. The lowest BCUT2D eigenvalue weighted by atomic mass is 9.85. The predicted octanol–water partition coefficient (Wildman–Crippen LogP) is 3.07. The van der Waals surface area contributed by atoms with Crippen molar-refractivity contribution in [3.63, 3.8) is 0 Å². The minimum Gasteiger partial charge on any atom is -0.394 e. The van der Waals surface area contributed by atoms with Gasteiger partial charge >= 0.3 is 0 Å². The van der Waals surface area contributed by atoms with E-state index in [2.05, 4.69) is 10.3 Å². The summed E-state index contributed by atoms with van der Waals surface area (Å²) >= 11 is 12.4. The Hall–Kier alpha value is -2.71. The van der Waals surface area contributed by atoms with Crippen molar-refractivity contribution in [2.24, 2.45) is 0 Å². The van der Waals surface area contributed by atoms with Gasteiger partial charge in [-0.1, -0.05) is 34.5 Å². The van der Waals surface area contributed by atoms with Gasteiger partial charge in [0.05, 0.1) is 24.9 Å². The zero-order valence-corrected chi connectivity index (χ0v) is 23.5. The van der Waals surface area contributed by atoms with Gasteiger partial charge in [0.2, 0.25) is 0 Å². The Labute approximate surface area is 244 Å². The molecule has 0 spiro atoms. The number of amides is 1. The van der Waals surface area contributed by atoms with Crippen molar-refractivity contribution in [3.8, 4) is 11.3 Å². The van der Waals surface area contributed by atoms with Gasteiger partial charge in [0, 0.05) is 28.4 Å². The first-order valence-corrected chi connectivity index (χ1v) is 13.6. The van der Waals surface area contributed by atoms with E-state index in [4.69, 9.17) is 32.7 Å². The van der Waals surface area contributed by atoms with Crippen LogP contribution < -0.4 is 4.90 Å². The minimum absolute atomic E-state index is 0.0221. The number of aryl methyl sites for hydroxylation is 1. The zero-order valence-electron chi connectivity index (χ0n) is 22.0. The molecule has 0 radical (unpaired) electrons. The first-order chi connectivity index (χ1) is 19.5. The van der Waals surface area contributed by atoms with Gasteiger partial charge in [-0.2, -0.15) is 0 Å². The summed E-state index contributed by atoms with van der Waals surface area (Å²) in [6, 6.07) is 5.54. The Bertz CT molecular complexity index is 1420. The van der Waals surface area contributed by atoms with Crippen LogP contribution in [0.4, 0.5) is 14.5 Å². The molecule has 14 heteroatoms. The molecule has 1 aliphatic heterocycles. The Kier molecular flexibility index (Phi) is 8.63. The number of aliphatic hydroxyl groups is 3. The Balaban J connectivity index is 1.54. The standard InChI is InChI=1S/C27H28Cl2F2N4O6/c1-12-3-4-16(22(31)21(12)30)17-10-34(33-32-17)23-24(38)20(11-36)41-26(25(23)40-2)27(39)35(18-5-6-19(18)37)15-8-13(28)7-14(29)9-15/h3-4,7-10,18-20,23-26,36-38H,5-6,11H2,1-2H3/t18-,19-,20-,23+,24+,25-,26-/m1/s1. The average molecular weight is 613 g/mol. The van der Waals surface area contributed by atoms with Crippen molar-refractivity contribution in [2.45, 2.75) is 62.4 Å². The number of halogens is 4. The molecule has 2 aromatic carbocycles. The molecule has 3 N–H and O–H groups in total. The third kappa shape index (κ3) is 5.45. The molecule has 7 atom stereocenters. The van der Waals surface area contributed by atoms with E-state index in [9.17, 15) is 28.9 Å². The second-order valence-corrected chi connectivity index (χ2v) is 11.0. The number of ether oxygens (including phenoxy) is 2. The summed E-state index contributed by atoms with van der Waals surface area (Å²) < 4.78 is 41.7. The number of hydrogen-bond donors (Lipinski definition) is 3. The molecule has 10 nitrogen and oxygen atoms in total.